The molecule has 0 N–H and O–H groups in total. The number of methoxy groups -OCH3 is 1. The van der Waals surface area contributed by atoms with Crippen molar-refractivity contribution in [3.05, 3.63) is 65.7 Å². The summed E-state index contributed by atoms with van der Waals surface area (Å²) in [6, 6.07) is 17.0. The van der Waals surface area contributed by atoms with E-state index in [-0.39, 0.29) is 5.97 Å². The van der Waals surface area contributed by atoms with Crippen LogP contribution in [0.5, 0.6) is 0 Å². The van der Waals surface area contributed by atoms with E-state index in [9.17, 15) is 4.79 Å². The van der Waals surface area contributed by atoms with Gasteiger partial charge in [-0.05, 0) is 41.2 Å². The Balaban J connectivity index is 1.91. The molecular weight excluding hydrogens is 308 g/mol. The molecule has 2 nitrogen and oxygen atoms in total. The fraction of sp³-hybridized carbons (Fsp3) is 0.348. The molecule has 0 spiro atoms. The summed E-state index contributed by atoms with van der Waals surface area (Å²) in [5, 5.41) is 0. The van der Waals surface area contributed by atoms with E-state index in [1.807, 2.05) is 12.1 Å². The summed E-state index contributed by atoms with van der Waals surface area (Å²) in [4.78, 5) is 11.1. The maximum absolute atomic E-state index is 11.1. The number of hydrogen-bond donors (Lipinski definition) is 0. The zero-order valence-corrected chi connectivity index (χ0v) is 15.3. The maximum Gasteiger partial charge on any atom is 0.330 e. The standard InChI is InChI=1S/C23H28O2/c1-3-4-5-6-7-8-19-9-14-21(15-10-19)22-16-11-20(12-17-22)13-18-23(24)25-2/h9-18H,3-8H2,1-2H3/b18-13+. The minimum absolute atomic E-state index is 0.339. The second kappa shape index (κ2) is 10.5. The Morgan fingerprint density at radius 2 is 1.48 bits per heavy atom. The summed E-state index contributed by atoms with van der Waals surface area (Å²) in [6.07, 6.45) is 11.0. The Morgan fingerprint density at radius 3 is 2.08 bits per heavy atom. The summed E-state index contributed by atoms with van der Waals surface area (Å²) in [5.41, 5.74) is 4.80. The summed E-state index contributed by atoms with van der Waals surface area (Å²) in [6.45, 7) is 2.25. The molecular formula is C23H28O2. The molecule has 132 valence electrons. The molecule has 0 aromatic heterocycles. The largest absolute Gasteiger partial charge is 0.466 e. The normalized spacial score (nSPS) is 11.0. The summed E-state index contributed by atoms with van der Waals surface area (Å²) >= 11 is 0. The number of aryl methyl sites for hydroxylation is 1. The van der Waals surface area contributed by atoms with E-state index in [1.165, 1.54) is 68.4 Å². The van der Waals surface area contributed by atoms with Crippen LogP contribution in [0.4, 0.5) is 0 Å². The van der Waals surface area contributed by atoms with Crippen LogP contribution < -0.4 is 0 Å². The lowest BCUT2D eigenvalue weighted by Gasteiger charge is -2.05. The van der Waals surface area contributed by atoms with Gasteiger partial charge in [0.1, 0.15) is 0 Å². The molecule has 2 aromatic rings. The molecule has 0 aliphatic heterocycles. The number of carbonyl (C=O) groups is 1. The van der Waals surface area contributed by atoms with Crippen molar-refractivity contribution in [2.75, 3.05) is 7.11 Å². The lowest BCUT2D eigenvalue weighted by molar-refractivity contribution is -0.134. The van der Waals surface area contributed by atoms with Crippen LogP contribution in [0, 0.1) is 0 Å². The highest BCUT2D eigenvalue weighted by molar-refractivity contribution is 5.87. The van der Waals surface area contributed by atoms with Gasteiger partial charge in [-0.1, -0.05) is 81.1 Å². The van der Waals surface area contributed by atoms with Crippen molar-refractivity contribution in [3.63, 3.8) is 0 Å². The lowest BCUT2D eigenvalue weighted by atomic mass is 10.00. The number of carbonyl (C=O) groups excluding carboxylic acids is 1. The first-order valence-corrected chi connectivity index (χ1v) is 9.18. The highest BCUT2D eigenvalue weighted by atomic mass is 16.5. The first-order chi connectivity index (χ1) is 12.2. The second-order valence-electron chi connectivity index (χ2n) is 6.34. The van der Waals surface area contributed by atoms with Gasteiger partial charge in [0.05, 0.1) is 7.11 Å². The predicted molar refractivity (Wildman–Crippen MR) is 105 cm³/mol. The van der Waals surface area contributed by atoms with Gasteiger partial charge in [-0.25, -0.2) is 4.79 Å². The average molecular weight is 336 g/mol. The van der Waals surface area contributed by atoms with Crippen molar-refractivity contribution >= 4 is 12.0 Å². The zero-order valence-electron chi connectivity index (χ0n) is 15.3. The SMILES string of the molecule is CCCCCCCc1ccc(-c2ccc(/C=C/C(=O)OC)cc2)cc1. The Bertz CT molecular complexity index is 666. The number of hydrogen-bond acceptors (Lipinski definition) is 2. The molecule has 0 saturated heterocycles. The van der Waals surface area contributed by atoms with E-state index in [0.29, 0.717) is 0 Å². The van der Waals surface area contributed by atoms with Gasteiger partial charge in [0.15, 0.2) is 0 Å². The third-order valence-electron chi connectivity index (χ3n) is 4.38. The van der Waals surface area contributed by atoms with Gasteiger partial charge in [0.25, 0.3) is 0 Å². The molecule has 0 heterocycles. The molecule has 0 aliphatic rings. The van der Waals surface area contributed by atoms with Gasteiger partial charge in [-0.15, -0.1) is 0 Å². The van der Waals surface area contributed by atoms with E-state index < -0.39 is 0 Å². The van der Waals surface area contributed by atoms with Crippen LogP contribution in [0.1, 0.15) is 50.2 Å². The Kier molecular flexibility index (Phi) is 7.97. The summed E-state index contributed by atoms with van der Waals surface area (Å²) in [5.74, 6) is -0.339. The first-order valence-electron chi connectivity index (χ1n) is 9.18. The van der Waals surface area contributed by atoms with Gasteiger partial charge in [-0.3, -0.25) is 0 Å². The first kappa shape index (κ1) is 19.0. The number of benzene rings is 2. The van der Waals surface area contributed by atoms with Crippen molar-refractivity contribution in [3.8, 4) is 11.1 Å². The smallest absolute Gasteiger partial charge is 0.330 e. The van der Waals surface area contributed by atoms with Crippen molar-refractivity contribution < 1.29 is 9.53 Å². The maximum atomic E-state index is 11.1. The Morgan fingerprint density at radius 1 is 0.880 bits per heavy atom. The van der Waals surface area contributed by atoms with Crippen LogP contribution in [0.15, 0.2) is 54.6 Å². The van der Waals surface area contributed by atoms with Crippen LogP contribution in [-0.2, 0) is 16.0 Å². The number of esters is 1. The van der Waals surface area contributed by atoms with E-state index in [1.54, 1.807) is 6.08 Å². The van der Waals surface area contributed by atoms with Crippen molar-refractivity contribution in [2.24, 2.45) is 0 Å². The van der Waals surface area contributed by atoms with E-state index in [0.717, 1.165) is 5.56 Å². The molecule has 0 saturated carbocycles. The minimum atomic E-state index is -0.339. The molecule has 0 amide bonds. The average Bonchev–Trinajstić information content (AvgIpc) is 2.67. The Labute approximate surface area is 151 Å². The van der Waals surface area contributed by atoms with Gasteiger partial charge >= 0.3 is 5.97 Å². The highest BCUT2D eigenvalue weighted by Gasteiger charge is 1.99. The lowest BCUT2D eigenvalue weighted by Crippen LogP contribution is -1.93. The van der Waals surface area contributed by atoms with Gasteiger partial charge in [0.2, 0.25) is 0 Å². The van der Waals surface area contributed by atoms with Crippen LogP contribution in [0.3, 0.4) is 0 Å². The van der Waals surface area contributed by atoms with Crippen molar-refractivity contribution in [1.82, 2.24) is 0 Å². The molecule has 0 radical (unpaired) electrons. The third kappa shape index (κ3) is 6.58. The molecule has 0 unspecified atom stereocenters. The van der Waals surface area contributed by atoms with Crippen LogP contribution >= 0.6 is 0 Å². The molecule has 0 bridgehead atoms. The van der Waals surface area contributed by atoms with Gasteiger partial charge in [-0.2, -0.15) is 0 Å². The van der Waals surface area contributed by atoms with E-state index in [4.69, 9.17) is 0 Å². The Hall–Kier alpha value is -2.35. The third-order valence-corrected chi connectivity index (χ3v) is 4.38. The quantitative estimate of drug-likeness (QED) is 0.316. The van der Waals surface area contributed by atoms with Gasteiger partial charge < -0.3 is 4.74 Å². The number of unbranched alkanes of at least 4 members (excludes halogenated alkanes) is 4. The molecule has 25 heavy (non-hydrogen) atoms. The van der Waals surface area contributed by atoms with Crippen molar-refractivity contribution in [2.45, 2.75) is 45.4 Å². The molecule has 0 aliphatic carbocycles. The molecule has 2 aromatic carbocycles. The van der Waals surface area contributed by atoms with E-state index >= 15 is 0 Å². The number of ether oxygens (including phenoxy) is 1. The molecule has 0 atom stereocenters. The highest BCUT2D eigenvalue weighted by Crippen LogP contribution is 2.21. The fourth-order valence-corrected chi connectivity index (χ4v) is 2.82. The zero-order chi connectivity index (χ0) is 17.9. The molecule has 2 rings (SSSR count). The summed E-state index contributed by atoms with van der Waals surface area (Å²) in [7, 11) is 1.38. The molecule has 2 heteroatoms. The van der Waals surface area contributed by atoms with Gasteiger partial charge in [0, 0.05) is 6.08 Å². The topological polar surface area (TPSA) is 26.3 Å². The minimum Gasteiger partial charge on any atom is -0.466 e. The predicted octanol–water partition coefficient (Wildman–Crippen LogP) is 6.05. The van der Waals surface area contributed by atoms with E-state index in [2.05, 4.69) is 48.1 Å². The molecule has 0 fully saturated rings. The second-order valence-corrected chi connectivity index (χ2v) is 6.34. The fourth-order valence-electron chi connectivity index (χ4n) is 2.82. The summed E-state index contributed by atoms with van der Waals surface area (Å²) < 4.78 is 4.60. The monoisotopic (exact) mass is 336 g/mol. The number of rotatable bonds is 9. The van der Waals surface area contributed by atoms with Crippen LogP contribution in [-0.4, -0.2) is 13.1 Å². The van der Waals surface area contributed by atoms with Crippen LogP contribution in [0.2, 0.25) is 0 Å². The van der Waals surface area contributed by atoms with Crippen molar-refractivity contribution in [1.29, 1.82) is 0 Å². The van der Waals surface area contributed by atoms with Crippen LogP contribution in [0.25, 0.3) is 17.2 Å².